The van der Waals surface area contributed by atoms with E-state index >= 15 is 0 Å². The predicted octanol–water partition coefficient (Wildman–Crippen LogP) is 2.36. The van der Waals surface area contributed by atoms with Gasteiger partial charge in [0.2, 0.25) is 0 Å². The van der Waals surface area contributed by atoms with Gasteiger partial charge in [-0.15, -0.1) is 0 Å². The molecule has 6 heteroatoms. The molecule has 1 aromatic carbocycles. The Bertz CT molecular complexity index is 558. The standard InChI is InChI=1S/C20H32N2O4/c1-5-17-9-8-10-18(15-17)26-16-19(23)22(12-11-20(24)25-4)14-13-21(6-2)7-3/h8-10,15H,5-7,11-14,16H2,1-4H3. The van der Waals surface area contributed by atoms with Crippen molar-refractivity contribution >= 4 is 11.9 Å². The topological polar surface area (TPSA) is 59.1 Å². The Labute approximate surface area is 157 Å². The van der Waals surface area contributed by atoms with E-state index in [1.54, 1.807) is 4.90 Å². The second kappa shape index (κ2) is 12.3. The maximum absolute atomic E-state index is 12.6. The summed E-state index contributed by atoms with van der Waals surface area (Å²) in [5.41, 5.74) is 1.17. The number of carbonyl (C=O) groups is 2. The van der Waals surface area contributed by atoms with Gasteiger partial charge in [0, 0.05) is 19.6 Å². The van der Waals surface area contributed by atoms with E-state index in [0.717, 1.165) is 26.1 Å². The summed E-state index contributed by atoms with van der Waals surface area (Å²) in [6.07, 6.45) is 1.10. The third-order valence-electron chi connectivity index (χ3n) is 4.42. The highest BCUT2D eigenvalue weighted by Crippen LogP contribution is 2.13. The van der Waals surface area contributed by atoms with Crippen LogP contribution < -0.4 is 4.74 Å². The Hall–Kier alpha value is -2.08. The van der Waals surface area contributed by atoms with E-state index < -0.39 is 0 Å². The second-order valence-corrected chi connectivity index (χ2v) is 6.02. The molecular formula is C20H32N2O4. The lowest BCUT2D eigenvalue weighted by atomic mass is 10.2. The fourth-order valence-electron chi connectivity index (χ4n) is 2.58. The van der Waals surface area contributed by atoms with Crippen molar-refractivity contribution in [1.29, 1.82) is 0 Å². The van der Waals surface area contributed by atoms with Crippen LogP contribution in [-0.2, 0) is 20.7 Å². The summed E-state index contributed by atoms with van der Waals surface area (Å²) in [5.74, 6) is 0.250. The number of likely N-dealkylation sites (N-methyl/N-ethyl adjacent to an activating group) is 1. The van der Waals surface area contributed by atoms with Crippen molar-refractivity contribution in [3.63, 3.8) is 0 Å². The Kier molecular flexibility index (Phi) is 10.4. The van der Waals surface area contributed by atoms with Crippen LogP contribution in [0.3, 0.4) is 0 Å². The molecule has 0 saturated heterocycles. The lowest BCUT2D eigenvalue weighted by Gasteiger charge is -2.26. The van der Waals surface area contributed by atoms with Gasteiger partial charge in [-0.05, 0) is 37.2 Å². The Morgan fingerprint density at radius 1 is 1.04 bits per heavy atom. The van der Waals surface area contributed by atoms with E-state index in [2.05, 4.69) is 30.4 Å². The molecule has 0 saturated carbocycles. The van der Waals surface area contributed by atoms with Gasteiger partial charge in [-0.3, -0.25) is 9.59 Å². The van der Waals surface area contributed by atoms with Crippen LogP contribution in [0.5, 0.6) is 5.75 Å². The van der Waals surface area contributed by atoms with Crippen molar-refractivity contribution in [2.45, 2.75) is 33.6 Å². The van der Waals surface area contributed by atoms with Crippen LogP contribution in [0.15, 0.2) is 24.3 Å². The van der Waals surface area contributed by atoms with E-state index in [0.29, 0.717) is 18.8 Å². The normalized spacial score (nSPS) is 10.7. The van der Waals surface area contributed by atoms with Crippen molar-refractivity contribution in [2.75, 3.05) is 46.4 Å². The molecule has 0 spiro atoms. The second-order valence-electron chi connectivity index (χ2n) is 6.02. The Morgan fingerprint density at radius 3 is 2.38 bits per heavy atom. The molecule has 0 bridgehead atoms. The SMILES string of the molecule is CCc1cccc(OCC(=O)N(CCC(=O)OC)CCN(CC)CC)c1. The first kappa shape index (κ1) is 22.0. The molecule has 0 unspecified atom stereocenters. The van der Waals surface area contributed by atoms with E-state index in [-0.39, 0.29) is 24.9 Å². The predicted molar refractivity (Wildman–Crippen MR) is 102 cm³/mol. The summed E-state index contributed by atoms with van der Waals surface area (Å²) in [6.45, 7) is 9.75. The summed E-state index contributed by atoms with van der Waals surface area (Å²) in [4.78, 5) is 27.9. The molecule has 0 radical (unpaired) electrons. The molecule has 1 aromatic rings. The molecular weight excluding hydrogens is 332 g/mol. The van der Waals surface area contributed by atoms with Crippen LogP contribution >= 0.6 is 0 Å². The van der Waals surface area contributed by atoms with E-state index in [1.165, 1.54) is 12.7 Å². The minimum atomic E-state index is -0.317. The zero-order valence-corrected chi connectivity index (χ0v) is 16.5. The first-order valence-corrected chi connectivity index (χ1v) is 9.32. The molecule has 146 valence electrons. The maximum Gasteiger partial charge on any atom is 0.307 e. The van der Waals surface area contributed by atoms with E-state index in [4.69, 9.17) is 4.74 Å². The number of hydrogen-bond acceptors (Lipinski definition) is 5. The van der Waals surface area contributed by atoms with Crippen molar-refractivity contribution in [3.8, 4) is 5.75 Å². The summed E-state index contributed by atoms with van der Waals surface area (Å²) in [6, 6.07) is 7.75. The molecule has 0 heterocycles. The Morgan fingerprint density at radius 2 is 1.77 bits per heavy atom. The highest BCUT2D eigenvalue weighted by molar-refractivity contribution is 5.78. The fourth-order valence-corrected chi connectivity index (χ4v) is 2.58. The van der Waals surface area contributed by atoms with E-state index in [1.807, 2.05) is 24.3 Å². The van der Waals surface area contributed by atoms with Gasteiger partial charge in [0.05, 0.1) is 13.5 Å². The zero-order chi connectivity index (χ0) is 19.4. The highest BCUT2D eigenvalue weighted by atomic mass is 16.5. The van der Waals surface area contributed by atoms with Crippen LogP contribution in [0.1, 0.15) is 32.8 Å². The molecule has 6 nitrogen and oxygen atoms in total. The monoisotopic (exact) mass is 364 g/mol. The molecule has 1 amide bonds. The number of ether oxygens (including phenoxy) is 2. The largest absolute Gasteiger partial charge is 0.484 e. The van der Waals surface area contributed by atoms with Gasteiger partial charge in [0.1, 0.15) is 5.75 Å². The van der Waals surface area contributed by atoms with Crippen LogP contribution in [0.4, 0.5) is 0 Å². The Balaban J connectivity index is 2.63. The maximum atomic E-state index is 12.6. The quantitative estimate of drug-likeness (QED) is 0.533. The number of hydrogen-bond donors (Lipinski definition) is 0. The molecule has 1 rings (SSSR count). The number of benzene rings is 1. The average molecular weight is 364 g/mol. The van der Waals surface area contributed by atoms with Gasteiger partial charge in [-0.25, -0.2) is 0 Å². The number of nitrogens with zero attached hydrogens (tertiary/aromatic N) is 2. The number of rotatable bonds is 12. The van der Waals surface area contributed by atoms with Crippen LogP contribution in [0, 0.1) is 0 Å². The molecule has 0 atom stereocenters. The molecule has 0 aliphatic rings. The van der Waals surface area contributed by atoms with Gasteiger partial charge in [0.15, 0.2) is 6.61 Å². The van der Waals surface area contributed by atoms with Gasteiger partial charge < -0.3 is 19.3 Å². The van der Waals surface area contributed by atoms with Gasteiger partial charge in [0.25, 0.3) is 5.91 Å². The van der Waals surface area contributed by atoms with Crippen LogP contribution in [0.25, 0.3) is 0 Å². The van der Waals surface area contributed by atoms with Crippen molar-refractivity contribution in [2.24, 2.45) is 0 Å². The summed E-state index contributed by atoms with van der Waals surface area (Å²) >= 11 is 0. The molecule has 0 N–H and O–H groups in total. The fraction of sp³-hybridized carbons (Fsp3) is 0.600. The average Bonchev–Trinajstić information content (AvgIpc) is 2.68. The first-order valence-electron chi connectivity index (χ1n) is 9.32. The van der Waals surface area contributed by atoms with Gasteiger partial charge in [-0.2, -0.15) is 0 Å². The molecule has 0 fully saturated rings. The molecule has 0 aliphatic heterocycles. The third-order valence-corrected chi connectivity index (χ3v) is 4.42. The summed E-state index contributed by atoms with van der Waals surface area (Å²) in [5, 5.41) is 0. The van der Waals surface area contributed by atoms with E-state index in [9.17, 15) is 9.59 Å². The molecule has 26 heavy (non-hydrogen) atoms. The number of amides is 1. The number of methoxy groups -OCH3 is 1. The highest BCUT2D eigenvalue weighted by Gasteiger charge is 2.17. The first-order chi connectivity index (χ1) is 12.5. The van der Waals surface area contributed by atoms with Crippen molar-refractivity contribution < 1.29 is 19.1 Å². The molecule has 0 aliphatic carbocycles. The number of esters is 1. The van der Waals surface area contributed by atoms with Gasteiger partial charge in [-0.1, -0.05) is 32.9 Å². The minimum absolute atomic E-state index is 0.0351. The summed E-state index contributed by atoms with van der Waals surface area (Å²) in [7, 11) is 1.36. The number of aryl methyl sites for hydroxylation is 1. The zero-order valence-electron chi connectivity index (χ0n) is 16.5. The third kappa shape index (κ3) is 7.87. The van der Waals surface area contributed by atoms with Crippen LogP contribution in [-0.4, -0.2) is 68.1 Å². The molecule has 0 aromatic heterocycles. The van der Waals surface area contributed by atoms with Gasteiger partial charge >= 0.3 is 5.97 Å². The lowest BCUT2D eigenvalue weighted by Crippen LogP contribution is -2.42. The summed E-state index contributed by atoms with van der Waals surface area (Å²) < 4.78 is 10.3. The lowest BCUT2D eigenvalue weighted by molar-refractivity contribution is -0.142. The van der Waals surface area contributed by atoms with Crippen molar-refractivity contribution in [1.82, 2.24) is 9.80 Å². The van der Waals surface area contributed by atoms with Crippen LogP contribution in [0.2, 0.25) is 0 Å². The minimum Gasteiger partial charge on any atom is -0.484 e. The smallest absolute Gasteiger partial charge is 0.307 e. The number of carbonyl (C=O) groups excluding carboxylic acids is 2. The van der Waals surface area contributed by atoms with Crippen molar-refractivity contribution in [3.05, 3.63) is 29.8 Å².